The third-order valence-electron chi connectivity index (χ3n) is 6.71. The van der Waals surface area contributed by atoms with Crippen LogP contribution in [0, 0.1) is 20.8 Å². The summed E-state index contributed by atoms with van der Waals surface area (Å²) in [5.74, 6) is -0.550. The van der Waals surface area contributed by atoms with E-state index < -0.39 is 22.5 Å². The second-order valence-electron chi connectivity index (χ2n) is 9.64. The largest absolute Gasteiger partial charge is 0.271 e. The summed E-state index contributed by atoms with van der Waals surface area (Å²) in [5, 5.41) is 8.39. The lowest BCUT2D eigenvalue weighted by atomic mass is 9.97. The standard InChI is InChI=1S/C32H29N3O3S/c1-22-12-15-27(16-13-22)39(37,38)35(31-17-14-23(2)18-24(31)3)21-32(36)34-33-20-30-28-10-6-4-8-25(28)19-26-9-5-7-11-29(26)30/h4-20H,21H2,1-3H3,(H,34,36)/b33-20-. The topological polar surface area (TPSA) is 78.8 Å². The van der Waals surface area contributed by atoms with Gasteiger partial charge in [-0.1, -0.05) is 83.9 Å². The van der Waals surface area contributed by atoms with E-state index in [2.05, 4.69) is 16.6 Å². The summed E-state index contributed by atoms with van der Waals surface area (Å²) in [4.78, 5) is 13.2. The Bertz CT molecular complexity index is 1770. The second kappa shape index (κ2) is 10.7. The van der Waals surface area contributed by atoms with Gasteiger partial charge in [-0.25, -0.2) is 13.8 Å². The van der Waals surface area contributed by atoms with Gasteiger partial charge in [0.05, 0.1) is 16.8 Å². The van der Waals surface area contributed by atoms with E-state index in [1.54, 1.807) is 36.5 Å². The number of sulfonamides is 1. The molecule has 5 rings (SSSR count). The van der Waals surface area contributed by atoms with E-state index in [0.717, 1.165) is 48.1 Å². The summed E-state index contributed by atoms with van der Waals surface area (Å²) in [5.41, 5.74) is 6.57. The molecule has 0 radical (unpaired) electrons. The number of anilines is 1. The first-order valence-electron chi connectivity index (χ1n) is 12.6. The maximum Gasteiger partial charge on any atom is 0.264 e. The second-order valence-corrected chi connectivity index (χ2v) is 11.5. The third-order valence-corrected chi connectivity index (χ3v) is 8.49. The molecular weight excluding hydrogens is 506 g/mol. The molecule has 0 atom stereocenters. The van der Waals surface area contributed by atoms with Crippen molar-refractivity contribution in [3.05, 3.63) is 119 Å². The van der Waals surface area contributed by atoms with E-state index in [9.17, 15) is 13.2 Å². The lowest BCUT2D eigenvalue weighted by Gasteiger charge is -2.25. The Morgan fingerprint density at radius 2 is 1.38 bits per heavy atom. The maximum atomic E-state index is 13.7. The zero-order valence-electron chi connectivity index (χ0n) is 22.0. The summed E-state index contributed by atoms with van der Waals surface area (Å²) < 4.78 is 28.6. The molecule has 0 aliphatic heterocycles. The minimum atomic E-state index is -4.02. The van der Waals surface area contributed by atoms with Crippen LogP contribution in [0.3, 0.4) is 0 Å². The number of hydrogen-bond donors (Lipinski definition) is 1. The lowest BCUT2D eigenvalue weighted by Crippen LogP contribution is -2.40. The average molecular weight is 536 g/mol. The predicted octanol–water partition coefficient (Wildman–Crippen LogP) is 6.26. The van der Waals surface area contributed by atoms with Gasteiger partial charge >= 0.3 is 0 Å². The molecule has 196 valence electrons. The molecule has 7 heteroatoms. The lowest BCUT2D eigenvalue weighted by molar-refractivity contribution is -0.119. The Hall–Kier alpha value is -4.49. The van der Waals surface area contributed by atoms with E-state index in [1.165, 1.54) is 0 Å². The Kier molecular flexibility index (Phi) is 7.17. The number of rotatable bonds is 7. The Morgan fingerprint density at radius 3 is 2.00 bits per heavy atom. The minimum absolute atomic E-state index is 0.117. The predicted molar refractivity (Wildman–Crippen MR) is 159 cm³/mol. The normalized spacial score (nSPS) is 11.8. The van der Waals surface area contributed by atoms with Crippen LogP contribution in [-0.4, -0.2) is 27.1 Å². The quantitative estimate of drug-likeness (QED) is 0.152. The molecule has 6 nitrogen and oxygen atoms in total. The summed E-state index contributed by atoms with van der Waals surface area (Å²) in [7, 11) is -4.02. The molecule has 0 saturated heterocycles. The zero-order valence-corrected chi connectivity index (χ0v) is 22.9. The number of amides is 1. The van der Waals surface area contributed by atoms with E-state index in [0.29, 0.717) is 5.69 Å². The van der Waals surface area contributed by atoms with Crippen molar-refractivity contribution in [2.45, 2.75) is 25.7 Å². The van der Waals surface area contributed by atoms with Gasteiger partial charge in [-0.2, -0.15) is 5.10 Å². The number of hydrazone groups is 1. The van der Waals surface area contributed by atoms with Crippen LogP contribution in [-0.2, 0) is 14.8 Å². The first-order chi connectivity index (χ1) is 18.7. The third kappa shape index (κ3) is 5.40. The SMILES string of the molecule is Cc1ccc(S(=O)(=O)N(CC(=O)N/N=C\c2c3ccccc3cc3ccccc23)c2ccc(C)cc2C)cc1. The van der Waals surface area contributed by atoms with Crippen LogP contribution in [0.25, 0.3) is 21.5 Å². The summed E-state index contributed by atoms with van der Waals surface area (Å²) in [6.45, 7) is 5.24. The van der Waals surface area contributed by atoms with E-state index >= 15 is 0 Å². The fourth-order valence-electron chi connectivity index (χ4n) is 4.74. The number of nitrogens with zero attached hydrogens (tertiary/aromatic N) is 2. The first kappa shape index (κ1) is 26.1. The van der Waals surface area contributed by atoms with Gasteiger partial charge in [0, 0.05) is 5.56 Å². The van der Waals surface area contributed by atoms with Gasteiger partial charge in [0.1, 0.15) is 6.54 Å². The fourth-order valence-corrected chi connectivity index (χ4v) is 6.23. The molecule has 5 aromatic rings. The molecule has 39 heavy (non-hydrogen) atoms. The van der Waals surface area contributed by atoms with Gasteiger partial charge in [-0.3, -0.25) is 9.10 Å². The van der Waals surface area contributed by atoms with Gasteiger partial charge in [-0.15, -0.1) is 0 Å². The molecule has 0 aliphatic carbocycles. The maximum absolute atomic E-state index is 13.7. The summed E-state index contributed by atoms with van der Waals surface area (Å²) in [6, 6.07) is 30.2. The fraction of sp³-hybridized carbons (Fsp3) is 0.125. The number of nitrogens with one attached hydrogen (secondary N) is 1. The zero-order chi connectivity index (χ0) is 27.6. The highest BCUT2D eigenvalue weighted by Crippen LogP contribution is 2.29. The van der Waals surface area contributed by atoms with Gasteiger partial charge in [0.15, 0.2) is 0 Å². The molecule has 0 aromatic heterocycles. The molecule has 0 spiro atoms. The number of aryl methyl sites for hydroxylation is 3. The van der Waals surface area contributed by atoms with Gasteiger partial charge < -0.3 is 0 Å². The Labute approximate surface area is 228 Å². The van der Waals surface area contributed by atoms with Crippen LogP contribution in [0.15, 0.2) is 107 Å². The van der Waals surface area contributed by atoms with Crippen LogP contribution in [0.2, 0.25) is 0 Å². The molecule has 0 bridgehead atoms. The first-order valence-corrected chi connectivity index (χ1v) is 14.1. The molecule has 0 heterocycles. The minimum Gasteiger partial charge on any atom is -0.271 e. The van der Waals surface area contributed by atoms with Crippen LogP contribution in [0.5, 0.6) is 0 Å². The van der Waals surface area contributed by atoms with Crippen LogP contribution in [0.4, 0.5) is 5.69 Å². The highest BCUT2D eigenvalue weighted by Gasteiger charge is 2.28. The van der Waals surface area contributed by atoms with Crippen molar-refractivity contribution in [3.8, 4) is 0 Å². The van der Waals surface area contributed by atoms with Crippen LogP contribution < -0.4 is 9.73 Å². The van der Waals surface area contributed by atoms with Crippen LogP contribution in [0.1, 0.15) is 22.3 Å². The smallest absolute Gasteiger partial charge is 0.264 e. The van der Waals surface area contributed by atoms with Crippen molar-refractivity contribution in [3.63, 3.8) is 0 Å². The van der Waals surface area contributed by atoms with Gasteiger partial charge in [-0.05, 0) is 72.1 Å². The van der Waals surface area contributed by atoms with E-state index in [1.807, 2.05) is 81.4 Å². The highest BCUT2D eigenvalue weighted by atomic mass is 32.2. The summed E-state index contributed by atoms with van der Waals surface area (Å²) >= 11 is 0. The van der Waals surface area contributed by atoms with Crippen molar-refractivity contribution in [1.29, 1.82) is 0 Å². The van der Waals surface area contributed by atoms with Crippen molar-refractivity contribution >= 4 is 49.4 Å². The molecular formula is C32H29N3O3S. The molecule has 0 saturated carbocycles. The van der Waals surface area contributed by atoms with E-state index in [4.69, 9.17) is 0 Å². The molecule has 0 aliphatic rings. The van der Waals surface area contributed by atoms with Gasteiger partial charge in [0.2, 0.25) is 0 Å². The number of fused-ring (bicyclic) bond motifs is 2. The number of benzene rings is 5. The number of carbonyl (C=O) groups excluding carboxylic acids is 1. The van der Waals surface area contributed by atoms with Crippen molar-refractivity contribution in [2.24, 2.45) is 5.10 Å². The van der Waals surface area contributed by atoms with Crippen molar-refractivity contribution in [1.82, 2.24) is 5.43 Å². The summed E-state index contributed by atoms with van der Waals surface area (Å²) in [6.07, 6.45) is 1.62. The monoisotopic (exact) mass is 535 g/mol. The number of hydrogen-bond acceptors (Lipinski definition) is 4. The number of carbonyl (C=O) groups is 1. The molecule has 0 fully saturated rings. The molecule has 5 aromatic carbocycles. The molecule has 1 N–H and O–H groups in total. The highest BCUT2D eigenvalue weighted by molar-refractivity contribution is 7.92. The molecule has 0 unspecified atom stereocenters. The van der Waals surface area contributed by atoms with Crippen molar-refractivity contribution < 1.29 is 13.2 Å². The van der Waals surface area contributed by atoms with E-state index in [-0.39, 0.29) is 4.90 Å². The average Bonchev–Trinajstić information content (AvgIpc) is 2.92. The van der Waals surface area contributed by atoms with Crippen molar-refractivity contribution in [2.75, 3.05) is 10.8 Å². The molecule has 1 amide bonds. The Balaban J connectivity index is 1.46. The van der Waals surface area contributed by atoms with Gasteiger partial charge in [0.25, 0.3) is 15.9 Å². The van der Waals surface area contributed by atoms with Crippen LogP contribution >= 0.6 is 0 Å². The Morgan fingerprint density at radius 1 is 0.795 bits per heavy atom.